The van der Waals surface area contributed by atoms with Gasteiger partial charge < -0.3 is 20.1 Å². The predicted octanol–water partition coefficient (Wildman–Crippen LogP) is 7.22. The number of para-hydroxylation sites is 2. The average Bonchev–Trinajstić information content (AvgIpc) is 3.01. The van der Waals surface area contributed by atoms with Crippen molar-refractivity contribution in [2.24, 2.45) is 0 Å². The molecule has 0 radical (unpaired) electrons. The van der Waals surface area contributed by atoms with Gasteiger partial charge in [0.1, 0.15) is 0 Å². The molecule has 0 bridgehead atoms. The molecule has 1 aliphatic carbocycles. The van der Waals surface area contributed by atoms with Gasteiger partial charge in [0.2, 0.25) is 0 Å². The van der Waals surface area contributed by atoms with Gasteiger partial charge in [-0.25, -0.2) is 0 Å². The first-order valence-corrected chi connectivity index (χ1v) is 12.7. The first kappa shape index (κ1) is 23.5. The first-order valence-electron chi connectivity index (χ1n) is 11.9. The van der Waals surface area contributed by atoms with Crippen LogP contribution in [0.25, 0.3) is 0 Å². The Kier molecular flexibility index (Phi) is 6.56. The maximum Gasteiger partial charge on any atom is 0.163 e. The van der Waals surface area contributed by atoms with Gasteiger partial charge in [-0.05, 0) is 73.7 Å². The van der Waals surface area contributed by atoms with Crippen LogP contribution in [-0.2, 0) is 4.79 Å². The van der Waals surface area contributed by atoms with Gasteiger partial charge in [0, 0.05) is 22.2 Å². The molecule has 180 valence electrons. The molecule has 3 aromatic carbocycles. The van der Waals surface area contributed by atoms with Crippen molar-refractivity contribution >= 4 is 33.1 Å². The van der Waals surface area contributed by atoms with Gasteiger partial charge in [-0.2, -0.15) is 0 Å². The Hall–Kier alpha value is -3.25. The zero-order valence-corrected chi connectivity index (χ0v) is 21.7. The van der Waals surface area contributed by atoms with E-state index in [0.29, 0.717) is 17.9 Å². The number of fused-ring (bicyclic) bond motifs is 1. The Morgan fingerprint density at radius 2 is 1.71 bits per heavy atom. The fourth-order valence-electron chi connectivity index (χ4n) is 4.95. The molecule has 35 heavy (non-hydrogen) atoms. The van der Waals surface area contributed by atoms with Crippen LogP contribution < -0.4 is 20.1 Å². The van der Waals surface area contributed by atoms with Gasteiger partial charge in [0.25, 0.3) is 0 Å². The summed E-state index contributed by atoms with van der Waals surface area (Å²) < 4.78 is 12.5. The van der Waals surface area contributed by atoms with Crippen molar-refractivity contribution < 1.29 is 14.3 Å². The third-order valence-corrected chi connectivity index (χ3v) is 7.01. The Bertz CT molecular complexity index is 1300. The molecule has 3 aromatic rings. The molecule has 5 nitrogen and oxygen atoms in total. The minimum atomic E-state index is -0.233. The van der Waals surface area contributed by atoms with E-state index in [9.17, 15) is 4.79 Å². The number of carbonyl (C=O) groups excluding carboxylic acids is 1. The Labute approximate surface area is 214 Å². The van der Waals surface area contributed by atoms with Crippen LogP contribution in [0, 0.1) is 0 Å². The monoisotopic (exact) mass is 532 g/mol. The third kappa shape index (κ3) is 4.80. The molecule has 0 spiro atoms. The number of hydrogen-bond acceptors (Lipinski definition) is 5. The van der Waals surface area contributed by atoms with Crippen molar-refractivity contribution in [2.75, 3.05) is 17.7 Å². The number of carbonyl (C=O) groups is 1. The Balaban J connectivity index is 1.55. The highest BCUT2D eigenvalue weighted by atomic mass is 79.9. The van der Waals surface area contributed by atoms with Crippen LogP contribution >= 0.6 is 15.9 Å². The lowest BCUT2D eigenvalue weighted by Gasteiger charge is -2.30. The fraction of sp³-hybridized carbons (Fsp3) is 0.276. The number of allylic oxidation sites excluding steroid dienone is 1. The maximum absolute atomic E-state index is 13.7. The fourth-order valence-corrected chi connectivity index (χ4v) is 5.37. The van der Waals surface area contributed by atoms with Crippen LogP contribution in [0.5, 0.6) is 11.5 Å². The number of hydrogen-bond donors (Lipinski definition) is 2. The van der Waals surface area contributed by atoms with Crippen LogP contribution in [0.1, 0.15) is 49.8 Å². The molecule has 5 rings (SSSR count). The van der Waals surface area contributed by atoms with Crippen LogP contribution in [0.4, 0.5) is 11.4 Å². The number of rotatable bonds is 5. The molecule has 2 unspecified atom stereocenters. The molecule has 0 aromatic heterocycles. The van der Waals surface area contributed by atoms with Crippen molar-refractivity contribution in [3.8, 4) is 11.5 Å². The number of halogens is 1. The van der Waals surface area contributed by atoms with E-state index in [1.54, 1.807) is 7.11 Å². The number of ether oxygens (including phenoxy) is 2. The molecule has 2 atom stereocenters. The lowest BCUT2D eigenvalue weighted by atomic mass is 9.78. The zero-order chi connectivity index (χ0) is 24.5. The van der Waals surface area contributed by atoms with Crippen LogP contribution in [0.3, 0.4) is 0 Å². The lowest BCUT2D eigenvalue weighted by Crippen LogP contribution is -2.26. The van der Waals surface area contributed by atoms with Gasteiger partial charge >= 0.3 is 0 Å². The van der Waals surface area contributed by atoms with Gasteiger partial charge in [-0.3, -0.25) is 4.79 Å². The van der Waals surface area contributed by atoms with E-state index in [4.69, 9.17) is 9.47 Å². The van der Waals surface area contributed by atoms with E-state index in [-0.39, 0.29) is 23.8 Å². The quantitative estimate of drug-likeness (QED) is 0.363. The lowest BCUT2D eigenvalue weighted by molar-refractivity contribution is -0.116. The van der Waals surface area contributed by atoms with E-state index in [1.807, 2.05) is 62.4 Å². The second-order valence-electron chi connectivity index (χ2n) is 9.30. The van der Waals surface area contributed by atoms with Crippen LogP contribution in [0.15, 0.2) is 82.5 Å². The van der Waals surface area contributed by atoms with Crippen molar-refractivity contribution in [3.63, 3.8) is 0 Å². The molecule has 6 heteroatoms. The number of methoxy groups -OCH3 is 1. The van der Waals surface area contributed by atoms with E-state index in [0.717, 1.165) is 44.7 Å². The summed E-state index contributed by atoms with van der Waals surface area (Å²) in [5, 5.41) is 7.23. The number of nitrogens with one attached hydrogen (secondary N) is 2. The summed E-state index contributed by atoms with van der Waals surface area (Å²) >= 11 is 3.59. The topological polar surface area (TPSA) is 59.6 Å². The molecule has 0 saturated carbocycles. The van der Waals surface area contributed by atoms with Crippen LogP contribution in [-0.4, -0.2) is 19.0 Å². The summed E-state index contributed by atoms with van der Waals surface area (Å²) in [5.41, 5.74) is 5.85. The molecular formula is C29H29BrN2O3. The average molecular weight is 533 g/mol. The molecule has 2 N–H and O–H groups in total. The Morgan fingerprint density at radius 3 is 2.46 bits per heavy atom. The minimum Gasteiger partial charge on any atom is -0.493 e. The van der Waals surface area contributed by atoms with Gasteiger partial charge in [-0.15, -0.1) is 0 Å². The molecule has 2 aliphatic rings. The third-order valence-electron chi connectivity index (χ3n) is 6.51. The summed E-state index contributed by atoms with van der Waals surface area (Å²) in [6.45, 7) is 3.99. The number of Topliss-reactive ketones (excluding diaryl/α,β-unsaturated/α-hetero) is 1. The highest BCUT2D eigenvalue weighted by Crippen LogP contribution is 2.45. The second kappa shape index (κ2) is 9.78. The number of benzene rings is 3. The zero-order valence-electron chi connectivity index (χ0n) is 20.1. The highest BCUT2D eigenvalue weighted by molar-refractivity contribution is 9.10. The van der Waals surface area contributed by atoms with Crippen molar-refractivity contribution in [3.05, 3.63) is 93.6 Å². The molecule has 0 amide bonds. The van der Waals surface area contributed by atoms with Crippen molar-refractivity contribution in [2.45, 2.75) is 44.8 Å². The highest BCUT2D eigenvalue weighted by Gasteiger charge is 2.36. The van der Waals surface area contributed by atoms with Gasteiger partial charge in [0.05, 0.1) is 30.6 Å². The molecule has 0 fully saturated rings. The number of anilines is 2. The second-order valence-corrected chi connectivity index (χ2v) is 10.2. The molecular weight excluding hydrogens is 504 g/mol. The summed E-state index contributed by atoms with van der Waals surface area (Å²) in [4.78, 5) is 13.7. The predicted molar refractivity (Wildman–Crippen MR) is 143 cm³/mol. The van der Waals surface area contributed by atoms with E-state index in [2.05, 4.69) is 44.8 Å². The molecule has 1 heterocycles. The van der Waals surface area contributed by atoms with Gasteiger partial charge in [-0.1, -0.05) is 46.3 Å². The Morgan fingerprint density at radius 1 is 0.914 bits per heavy atom. The minimum absolute atomic E-state index is 0.0455. The number of ketones is 1. The summed E-state index contributed by atoms with van der Waals surface area (Å²) in [6, 6.07) is 22.0. The first-order chi connectivity index (χ1) is 16.9. The maximum atomic E-state index is 13.7. The SMILES string of the molecule is COc1cc(C2CC(=O)C3=C(C2)Nc2ccccc2NC3c2cccc(Br)c2)ccc1OC(C)C. The smallest absolute Gasteiger partial charge is 0.163 e. The van der Waals surface area contributed by atoms with E-state index >= 15 is 0 Å². The van der Waals surface area contributed by atoms with Crippen molar-refractivity contribution in [1.29, 1.82) is 0 Å². The summed E-state index contributed by atoms with van der Waals surface area (Å²) in [7, 11) is 1.65. The van der Waals surface area contributed by atoms with Gasteiger partial charge in [0.15, 0.2) is 17.3 Å². The summed E-state index contributed by atoms with van der Waals surface area (Å²) in [6.07, 6.45) is 1.22. The van der Waals surface area contributed by atoms with Crippen molar-refractivity contribution in [1.82, 2.24) is 0 Å². The normalized spacial score (nSPS) is 19.3. The van der Waals surface area contributed by atoms with Crippen LogP contribution in [0.2, 0.25) is 0 Å². The van der Waals surface area contributed by atoms with E-state index in [1.165, 1.54) is 0 Å². The molecule has 1 aliphatic heterocycles. The molecule has 0 saturated heterocycles. The van der Waals surface area contributed by atoms with E-state index < -0.39 is 0 Å². The standard InChI is InChI=1S/C29H29BrN2O3/c1-17(2)35-26-12-11-18(16-27(26)34-3)20-14-24-28(25(33)15-20)29(19-7-6-8-21(30)13-19)32-23-10-5-4-9-22(23)31-24/h4-13,16-17,20,29,31-32H,14-15H2,1-3H3. The largest absolute Gasteiger partial charge is 0.493 e. The summed E-state index contributed by atoms with van der Waals surface area (Å²) in [5.74, 6) is 1.60.